The highest BCUT2D eigenvalue weighted by atomic mass is 19.4. The van der Waals surface area contributed by atoms with Crippen molar-refractivity contribution in [1.29, 1.82) is 0 Å². The molecule has 0 saturated heterocycles. The van der Waals surface area contributed by atoms with Crippen LogP contribution in [0.2, 0.25) is 0 Å². The molecular formula is C17H11F6NO4. The average Bonchev–Trinajstić information content (AvgIpc) is 2.59. The first-order valence-electron chi connectivity index (χ1n) is 7.62. The molecule has 0 aliphatic rings. The summed E-state index contributed by atoms with van der Waals surface area (Å²) in [7, 11) is 0. The summed E-state index contributed by atoms with van der Waals surface area (Å²) in [5.41, 5.74) is -4.14. The first kappa shape index (κ1) is 21.2. The Morgan fingerprint density at radius 1 is 1.04 bits per heavy atom. The van der Waals surface area contributed by atoms with E-state index in [1.165, 1.54) is 6.92 Å². The number of carbonyl (C=O) groups is 1. The Bertz CT molecular complexity index is 921. The number of nitro groups is 1. The Morgan fingerprint density at radius 2 is 1.68 bits per heavy atom. The number of alkyl halides is 6. The maximum absolute atomic E-state index is 13.2. The number of nitro benzene ring substituents is 1. The third kappa shape index (κ3) is 4.59. The van der Waals surface area contributed by atoms with Gasteiger partial charge in [-0.05, 0) is 30.3 Å². The largest absolute Gasteiger partial charge is 0.457 e. The summed E-state index contributed by atoms with van der Waals surface area (Å²) < 4.78 is 82.6. The molecule has 0 bridgehead atoms. The molecule has 0 atom stereocenters. The second-order valence-corrected chi connectivity index (χ2v) is 5.52. The molecule has 0 aromatic heterocycles. The van der Waals surface area contributed by atoms with Crippen LogP contribution in [0, 0.1) is 10.1 Å². The minimum absolute atomic E-state index is 0.0984. The molecule has 0 aliphatic carbocycles. The lowest BCUT2D eigenvalue weighted by Gasteiger charge is -2.16. The molecule has 0 radical (unpaired) electrons. The maximum atomic E-state index is 13.2. The van der Waals surface area contributed by atoms with E-state index in [4.69, 9.17) is 4.74 Å². The molecule has 5 nitrogen and oxygen atoms in total. The molecule has 0 N–H and O–H groups in total. The lowest BCUT2D eigenvalue weighted by atomic mass is 10.1. The van der Waals surface area contributed by atoms with E-state index in [1.807, 2.05) is 0 Å². The molecule has 0 saturated carbocycles. The van der Waals surface area contributed by atoms with Crippen LogP contribution in [0.5, 0.6) is 11.5 Å². The quantitative estimate of drug-likeness (QED) is 0.263. The Morgan fingerprint density at radius 3 is 2.18 bits per heavy atom. The summed E-state index contributed by atoms with van der Waals surface area (Å²) in [6.07, 6.45) is -10.3. The second-order valence-electron chi connectivity index (χ2n) is 5.52. The highest BCUT2D eigenvalue weighted by Crippen LogP contribution is 2.42. The van der Waals surface area contributed by atoms with Crippen molar-refractivity contribution in [1.82, 2.24) is 0 Å². The number of rotatable bonds is 5. The van der Waals surface area contributed by atoms with E-state index in [0.29, 0.717) is 12.1 Å². The van der Waals surface area contributed by atoms with Crippen LogP contribution in [-0.4, -0.2) is 10.7 Å². The molecule has 2 rings (SSSR count). The van der Waals surface area contributed by atoms with Gasteiger partial charge in [0, 0.05) is 12.5 Å². The molecule has 0 spiro atoms. The molecule has 0 unspecified atom stereocenters. The van der Waals surface area contributed by atoms with Crippen molar-refractivity contribution in [3.63, 3.8) is 0 Å². The monoisotopic (exact) mass is 407 g/mol. The third-order valence-corrected chi connectivity index (χ3v) is 3.63. The summed E-state index contributed by atoms with van der Waals surface area (Å²) in [4.78, 5) is 22.0. The second kappa shape index (κ2) is 7.49. The van der Waals surface area contributed by atoms with Gasteiger partial charge in [-0.3, -0.25) is 14.9 Å². The summed E-state index contributed by atoms with van der Waals surface area (Å²) >= 11 is 0. The van der Waals surface area contributed by atoms with Crippen LogP contribution in [0.25, 0.3) is 0 Å². The Hall–Kier alpha value is -3.11. The van der Waals surface area contributed by atoms with Crippen LogP contribution in [0.15, 0.2) is 36.4 Å². The molecule has 150 valence electrons. The van der Waals surface area contributed by atoms with Crippen molar-refractivity contribution >= 4 is 11.5 Å². The lowest BCUT2D eigenvalue weighted by molar-refractivity contribution is -0.385. The van der Waals surface area contributed by atoms with Crippen molar-refractivity contribution in [3.8, 4) is 11.5 Å². The standard InChI is InChI=1S/C17H11F6NO4/c1-2-14(25)11-8-10(4-5-13(11)24(26)27)28-15-6-3-9(16(18,19)20)7-12(15)17(21,22)23/h3-8H,2H2,1H3. The van der Waals surface area contributed by atoms with Gasteiger partial charge in [0.1, 0.15) is 11.5 Å². The van der Waals surface area contributed by atoms with Crippen LogP contribution in [-0.2, 0) is 12.4 Å². The first-order chi connectivity index (χ1) is 12.8. The van der Waals surface area contributed by atoms with Gasteiger partial charge in [-0.1, -0.05) is 6.92 Å². The number of hydrogen-bond donors (Lipinski definition) is 0. The normalized spacial score (nSPS) is 12.0. The molecule has 28 heavy (non-hydrogen) atoms. The molecular weight excluding hydrogens is 396 g/mol. The number of halogens is 6. The Kier molecular flexibility index (Phi) is 5.67. The fourth-order valence-electron chi connectivity index (χ4n) is 2.30. The minimum Gasteiger partial charge on any atom is -0.457 e. The van der Waals surface area contributed by atoms with Crippen molar-refractivity contribution in [3.05, 3.63) is 63.2 Å². The van der Waals surface area contributed by atoms with Crippen molar-refractivity contribution in [2.45, 2.75) is 25.7 Å². The van der Waals surface area contributed by atoms with Gasteiger partial charge in [0.05, 0.1) is 21.6 Å². The van der Waals surface area contributed by atoms with Gasteiger partial charge in [-0.15, -0.1) is 0 Å². The van der Waals surface area contributed by atoms with Crippen LogP contribution < -0.4 is 4.74 Å². The number of ether oxygens (including phenoxy) is 1. The van der Waals surface area contributed by atoms with Gasteiger partial charge < -0.3 is 4.74 Å². The summed E-state index contributed by atoms with van der Waals surface area (Å²) in [6.45, 7) is 1.43. The zero-order valence-electron chi connectivity index (χ0n) is 14.0. The number of ketones is 1. The summed E-state index contributed by atoms with van der Waals surface area (Å²) in [5, 5.41) is 11.0. The molecule has 0 amide bonds. The predicted octanol–water partition coefficient (Wildman–Crippen LogP) is 6.02. The lowest BCUT2D eigenvalue weighted by Crippen LogP contribution is -2.12. The molecule has 0 heterocycles. The summed E-state index contributed by atoms with van der Waals surface area (Å²) in [6, 6.07) is 3.50. The van der Waals surface area contributed by atoms with Gasteiger partial charge in [0.2, 0.25) is 0 Å². The highest BCUT2D eigenvalue weighted by Gasteiger charge is 2.39. The minimum atomic E-state index is -5.15. The van der Waals surface area contributed by atoms with Crippen molar-refractivity contribution in [2.75, 3.05) is 0 Å². The zero-order chi connectivity index (χ0) is 21.3. The van der Waals surface area contributed by atoms with Crippen LogP contribution >= 0.6 is 0 Å². The Balaban J connectivity index is 2.53. The van der Waals surface area contributed by atoms with Gasteiger partial charge in [-0.2, -0.15) is 26.3 Å². The molecule has 2 aromatic rings. The number of Topliss-reactive ketones (excluding diaryl/α,β-unsaturated/α-hetero) is 1. The summed E-state index contributed by atoms with van der Waals surface area (Å²) in [5.74, 6) is -1.96. The number of benzene rings is 2. The number of hydrogen-bond acceptors (Lipinski definition) is 4. The predicted molar refractivity (Wildman–Crippen MR) is 84.2 cm³/mol. The number of carbonyl (C=O) groups excluding carboxylic acids is 1. The molecule has 2 aromatic carbocycles. The SMILES string of the molecule is CCC(=O)c1cc(Oc2ccc(C(F)(F)F)cc2C(F)(F)F)ccc1[N+](=O)[O-]. The average molecular weight is 407 g/mol. The van der Waals surface area contributed by atoms with Crippen LogP contribution in [0.1, 0.15) is 34.8 Å². The van der Waals surface area contributed by atoms with E-state index in [-0.39, 0.29) is 23.8 Å². The van der Waals surface area contributed by atoms with E-state index in [0.717, 1.165) is 18.2 Å². The van der Waals surface area contributed by atoms with E-state index in [9.17, 15) is 41.3 Å². The van der Waals surface area contributed by atoms with E-state index >= 15 is 0 Å². The van der Waals surface area contributed by atoms with Crippen LogP contribution in [0.3, 0.4) is 0 Å². The van der Waals surface area contributed by atoms with Gasteiger partial charge >= 0.3 is 12.4 Å². The third-order valence-electron chi connectivity index (χ3n) is 3.63. The molecule has 0 aliphatic heterocycles. The molecule has 0 fully saturated rings. The van der Waals surface area contributed by atoms with Gasteiger partial charge in [0.15, 0.2) is 5.78 Å². The Labute approximate surface area is 153 Å². The van der Waals surface area contributed by atoms with Gasteiger partial charge in [-0.25, -0.2) is 0 Å². The van der Waals surface area contributed by atoms with Crippen molar-refractivity contribution < 1.29 is 40.8 Å². The van der Waals surface area contributed by atoms with E-state index in [2.05, 4.69) is 0 Å². The van der Waals surface area contributed by atoms with Crippen LogP contribution in [0.4, 0.5) is 32.0 Å². The highest BCUT2D eigenvalue weighted by molar-refractivity contribution is 6.00. The fourth-order valence-corrected chi connectivity index (χ4v) is 2.30. The zero-order valence-corrected chi connectivity index (χ0v) is 14.0. The maximum Gasteiger partial charge on any atom is 0.420 e. The topological polar surface area (TPSA) is 69.4 Å². The molecule has 11 heteroatoms. The number of nitrogens with zero attached hydrogens (tertiary/aromatic N) is 1. The first-order valence-corrected chi connectivity index (χ1v) is 7.62. The fraction of sp³-hybridized carbons (Fsp3) is 0.235. The van der Waals surface area contributed by atoms with Crippen molar-refractivity contribution in [2.24, 2.45) is 0 Å². The van der Waals surface area contributed by atoms with E-state index in [1.54, 1.807) is 0 Å². The van der Waals surface area contributed by atoms with Gasteiger partial charge in [0.25, 0.3) is 5.69 Å². The smallest absolute Gasteiger partial charge is 0.420 e. The van der Waals surface area contributed by atoms with E-state index < -0.39 is 45.6 Å².